The third-order valence-electron chi connectivity index (χ3n) is 4.13. The second-order valence-corrected chi connectivity index (χ2v) is 6.12. The molecule has 1 aromatic heterocycles. The third kappa shape index (κ3) is 5.32. The van der Waals surface area contributed by atoms with E-state index in [4.69, 9.17) is 0 Å². The van der Waals surface area contributed by atoms with Gasteiger partial charge in [-0.15, -0.1) is 13.2 Å². The molecule has 9 heteroatoms. The lowest BCUT2D eigenvalue weighted by molar-refractivity contribution is -0.274. The molecule has 1 aliphatic rings. The number of nitrogens with zero attached hydrogens (tertiary/aromatic N) is 3. The number of alkyl halides is 3. The number of hydrogen-bond donors (Lipinski definition) is 1. The Morgan fingerprint density at radius 3 is 2.63 bits per heavy atom. The molecule has 0 radical (unpaired) electrons. The number of anilines is 1. The molecule has 6 nitrogen and oxygen atoms in total. The predicted molar refractivity (Wildman–Crippen MR) is 92.4 cm³/mol. The number of halogens is 3. The van der Waals surface area contributed by atoms with Crippen LogP contribution in [0.15, 0.2) is 36.5 Å². The van der Waals surface area contributed by atoms with Gasteiger partial charge in [-0.2, -0.15) is 0 Å². The summed E-state index contributed by atoms with van der Waals surface area (Å²) in [6, 6.07) is 6.87. The second-order valence-electron chi connectivity index (χ2n) is 6.12. The summed E-state index contributed by atoms with van der Waals surface area (Å²) in [4.78, 5) is 23.1. The van der Waals surface area contributed by atoms with Crippen LogP contribution in [0.3, 0.4) is 0 Å². The summed E-state index contributed by atoms with van der Waals surface area (Å²) < 4.78 is 41.4. The van der Waals surface area contributed by atoms with Gasteiger partial charge in [0, 0.05) is 19.3 Å². The van der Waals surface area contributed by atoms with E-state index >= 15 is 0 Å². The van der Waals surface area contributed by atoms with Crippen LogP contribution in [0.25, 0.3) is 0 Å². The van der Waals surface area contributed by atoms with Gasteiger partial charge in [-0.05, 0) is 37.5 Å². The molecule has 144 valence electrons. The largest absolute Gasteiger partial charge is 0.573 e. The van der Waals surface area contributed by atoms with E-state index in [1.807, 2.05) is 0 Å². The standard InChI is InChI=1S/C18H19F3N4O2/c19-18(20,21)27-15-7-3-2-6-14(15)16(26)23-12-13-8-9-22-17(24-13)25-10-4-1-5-11-25/h2-3,6-9H,1,4-5,10-12H2,(H,23,26). The van der Waals surface area contributed by atoms with Crippen molar-refractivity contribution < 1.29 is 22.7 Å². The Labute approximate surface area is 154 Å². The first-order chi connectivity index (χ1) is 12.9. The van der Waals surface area contributed by atoms with Crippen molar-refractivity contribution in [2.24, 2.45) is 0 Å². The minimum atomic E-state index is -4.87. The van der Waals surface area contributed by atoms with Crippen molar-refractivity contribution in [2.45, 2.75) is 32.2 Å². The fraction of sp³-hybridized carbons (Fsp3) is 0.389. The van der Waals surface area contributed by atoms with E-state index in [1.54, 1.807) is 12.3 Å². The van der Waals surface area contributed by atoms with Crippen molar-refractivity contribution in [3.63, 3.8) is 0 Å². The summed E-state index contributed by atoms with van der Waals surface area (Å²) in [7, 11) is 0. The first kappa shape index (κ1) is 18.9. The summed E-state index contributed by atoms with van der Waals surface area (Å²) in [6.07, 6.45) is 0.0950. The van der Waals surface area contributed by atoms with E-state index in [9.17, 15) is 18.0 Å². The summed E-state index contributed by atoms with van der Waals surface area (Å²) in [5.41, 5.74) is 0.383. The molecule has 2 heterocycles. The monoisotopic (exact) mass is 380 g/mol. The van der Waals surface area contributed by atoms with Crippen molar-refractivity contribution in [3.8, 4) is 5.75 Å². The van der Waals surface area contributed by atoms with Gasteiger partial charge in [0.1, 0.15) is 5.75 Å². The van der Waals surface area contributed by atoms with Crippen LogP contribution in [0.5, 0.6) is 5.75 Å². The molecule has 0 spiro atoms. The van der Waals surface area contributed by atoms with Gasteiger partial charge in [0.05, 0.1) is 17.8 Å². The smallest absolute Gasteiger partial charge is 0.405 e. The highest BCUT2D eigenvalue weighted by Crippen LogP contribution is 2.26. The average molecular weight is 380 g/mol. The highest BCUT2D eigenvalue weighted by atomic mass is 19.4. The van der Waals surface area contributed by atoms with Gasteiger partial charge in [0.15, 0.2) is 0 Å². The number of amides is 1. The SMILES string of the molecule is O=C(NCc1ccnc(N2CCCCC2)n1)c1ccccc1OC(F)(F)F. The number of nitrogens with one attached hydrogen (secondary N) is 1. The zero-order valence-corrected chi connectivity index (χ0v) is 14.5. The zero-order valence-electron chi connectivity index (χ0n) is 14.5. The summed E-state index contributed by atoms with van der Waals surface area (Å²) in [6.45, 7) is 1.85. The van der Waals surface area contributed by atoms with E-state index in [0.29, 0.717) is 11.6 Å². The van der Waals surface area contributed by atoms with Crippen molar-refractivity contribution in [2.75, 3.05) is 18.0 Å². The molecule has 0 unspecified atom stereocenters. The Morgan fingerprint density at radius 2 is 1.89 bits per heavy atom. The van der Waals surface area contributed by atoms with Crippen LogP contribution in [0.2, 0.25) is 0 Å². The van der Waals surface area contributed by atoms with Gasteiger partial charge in [0.25, 0.3) is 5.91 Å². The first-order valence-electron chi connectivity index (χ1n) is 8.62. The summed E-state index contributed by atoms with van der Waals surface area (Å²) >= 11 is 0. The number of piperidine rings is 1. The second kappa shape index (κ2) is 8.24. The van der Waals surface area contributed by atoms with Crippen LogP contribution in [-0.2, 0) is 6.54 Å². The molecule has 1 aromatic carbocycles. The summed E-state index contributed by atoms with van der Waals surface area (Å²) in [5.74, 6) is -0.616. The summed E-state index contributed by atoms with van der Waals surface area (Å²) in [5, 5.41) is 2.58. The van der Waals surface area contributed by atoms with Gasteiger partial charge in [-0.25, -0.2) is 9.97 Å². The molecular weight excluding hydrogens is 361 g/mol. The molecule has 0 aliphatic carbocycles. The molecule has 1 saturated heterocycles. The fourth-order valence-corrected chi connectivity index (χ4v) is 2.86. The Morgan fingerprint density at radius 1 is 1.15 bits per heavy atom. The van der Waals surface area contributed by atoms with Crippen LogP contribution in [-0.4, -0.2) is 35.3 Å². The minimum Gasteiger partial charge on any atom is -0.405 e. The first-order valence-corrected chi connectivity index (χ1v) is 8.62. The molecular formula is C18H19F3N4O2. The van der Waals surface area contributed by atoms with Gasteiger partial charge in [0.2, 0.25) is 5.95 Å². The topological polar surface area (TPSA) is 67.4 Å². The quantitative estimate of drug-likeness (QED) is 0.862. The number of para-hydroxylation sites is 1. The molecule has 0 atom stereocenters. The van der Waals surface area contributed by atoms with Crippen LogP contribution < -0.4 is 15.0 Å². The molecule has 0 saturated carbocycles. The number of benzene rings is 1. The average Bonchev–Trinajstić information content (AvgIpc) is 2.66. The highest BCUT2D eigenvalue weighted by molar-refractivity contribution is 5.96. The van der Waals surface area contributed by atoms with Crippen LogP contribution in [0.4, 0.5) is 19.1 Å². The van der Waals surface area contributed by atoms with Crippen LogP contribution >= 0.6 is 0 Å². The van der Waals surface area contributed by atoms with Gasteiger partial charge in [-0.1, -0.05) is 12.1 Å². The molecule has 1 N–H and O–H groups in total. The zero-order chi connectivity index (χ0) is 19.3. The number of ether oxygens (including phenoxy) is 1. The Bertz CT molecular complexity index is 792. The molecule has 1 aliphatic heterocycles. The fourth-order valence-electron chi connectivity index (χ4n) is 2.86. The van der Waals surface area contributed by atoms with Gasteiger partial charge >= 0.3 is 6.36 Å². The lowest BCUT2D eigenvalue weighted by Gasteiger charge is -2.26. The van der Waals surface area contributed by atoms with Crippen molar-refractivity contribution in [1.29, 1.82) is 0 Å². The molecule has 2 aromatic rings. The van der Waals surface area contributed by atoms with E-state index in [1.165, 1.54) is 24.6 Å². The molecule has 27 heavy (non-hydrogen) atoms. The minimum absolute atomic E-state index is 0.0720. The Kier molecular flexibility index (Phi) is 5.78. The van der Waals surface area contributed by atoms with Crippen LogP contribution in [0, 0.1) is 0 Å². The van der Waals surface area contributed by atoms with Crippen molar-refractivity contribution in [3.05, 3.63) is 47.8 Å². The van der Waals surface area contributed by atoms with Crippen molar-refractivity contribution >= 4 is 11.9 Å². The Hall–Kier alpha value is -2.84. The molecule has 1 amide bonds. The number of aromatic nitrogens is 2. The van der Waals surface area contributed by atoms with Gasteiger partial charge in [-0.3, -0.25) is 4.79 Å². The maximum absolute atomic E-state index is 12.5. The predicted octanol–water partition coefficient (Wildman–Crippen LogP) is 3.30. The van der Waals surface area contributed by atoms with Gasteiger partial charge < -0.3 is 15.0 Å². The van der Waals surface area contributed by atoms with E-state index in [2.05, 4.69) is 24.9 Å². The van der Waals surface area contributed by atoms with Crippen molar-refractivity contribution in [1.82, 2.24) is 15.3 Å². The normalized spacial score (nSPS) is 14.7. The molecule has 3 rings (SSSR count). The number of rotatable bonds is 5. The lowest BCUT2D eigenvalue weighted by Crippen LogP contribution is -2.31. The highest BCUT2D eigenvalue weighted by Gasteiger charge is 2.32. The number of carbonyl (C=O) groups excluding carboxylic acids is 1. The van der Waals surface area contributed by atoms with E-state index < -0.39 is 18.0 Å². The maximum atomic E-state index is 12.5. The third-order valence-corrected chi connectivity index (χ3v) is 4.13. The van der Waals surface area contributed by atoms with E-state index in [0.717, 1.165) is 32.0 Å². The molecule has 1 fully saturated rings. The Balaban J connectivity index is 1.66. The van der Waals surface area contributed by atoms with E-state index in [-0.39, 0.29) is 12.1 Å². The molecule has 0 bridgehead atoms. The van der Waals surface area contributed by atoms with Crippen LogP contribution in [0.1, 0.15) is 35.3 Å². The lowest BCUT2D eigenvalue weighted by atomic mass is 10.1. The maximum Gasteiger partial charge on any atom is 0.573 e. The number of carbonyl (C=O) groups is 1. The number of hydrogen-bond acceptors (Lipinski definition) is 5.